The SMILES string of the molecule is O=C/C(=N\Nc1ccccc1F)c1nc2ccccc2[nH]c1=O. The number of aromatic nitrogens is 2. The van der Waals surface area contributed by atoms with Gasteiger partial charge in [-0.15, -0.1) is 0 Å². The molecule has 0 aliphatic rings. The molecule has 2 N–H and O–H groups in total. The van der Waals surface area contributed by atoms with Gasteiger partial charge in [0.1, 0.15) is 5.82 Å². The second-order valence-electron chi connectivity index (χ2n) is 4.64. The van der Waals surface area contributed by atoms with Crippen molar-refractivity contribution in [3.05, 3.63) is 70.4 Å². The molecule has 0 saturated carbocycles. The first-order chi connectivity index (χ1) is 11.2. The summed E-state index contributed by atoms with van der Waals surface area (Å²) in [5.74, 6) is -0.526. The van der Waals surface area contributed by atoms with Crippen LogP contribution in [0.5, 0.6) is 0 Å². The van der Waals surface area contributed by atoms with Crippen LogP contribution in [0.3, 0.4) is 0 Å². The van der Waals surface area contributed by atoms with Gasteiger partial charge in [-0.25, -0.2) is 9.37 Å². The van der Waals surface area contributed by atoms with Crippen LogP contribution in [0.1, 0.15) is 5.69 Å². The highest BCUT2D eigenvalue weighted by Crippen LogP contribution is 2.12. The molecule has 1 heterocycles. The number of para-hydroxylation sites is 3. The fourth-order valence-corrected chi connectivity index (χ4v) is 2.01. The summed E-state index contributed by atoms with van der Waals surface area (Å²) in [5, 5.41) is 3.79. The highest BCUT2D eigenvalue weighted by molar-refractivity contribution is 6.35. The predicted molar refractivity (Wildman–Crippen MR) is 85.0 cm³/mol. The zero-order chi connectivity index (χ0) is 16.2. The average molecular weight is 310 g/mol. The van der Waals surface area contributed by atoms with E-state index in [2.05, 4.69) is 20.5 Å². The molecule has 0 saturated heterocycles. The lowest BCUT2D eigenvalue weighted by Crippen LogP contribution is -2.22. The second kappa shape index (κ2) is 6.18. The van der Waals surface area contributed by atoms with Crippen molar-refractivity contribution in [3.8, 4) is 0 Å². The lowest BCUT2D eigenvalue weighted by Gasteiger charge is -2.04. The van der Waals surface area contributed by atoms with E-state index in [1.54, 1.807) is 30.3 Å². The smallest absolute Gasteiger partial charge is 0.276 e. The molecule has 23 heavy (non-hydrogen) atoms. The van der Waals surface area contributed by atoms with Crippen molar-refractivity contribution in [1.29, 1.82) is 0 Å². The molecule has 2 aromatic carbocycles. The Labute approximate surface area is 129 Å². The molecule has 0 atom stereocenters. The number of rotatable bonds is 4. The maximum Gasteiger partial charge on any atom is 0.276 e. The first kappa shape index (κ1) is 14.6. The Morgan fingerprint density at radius 1 is 1.17 bits per heavy atom. The number of fused-ring (bicyclic) bond motifs is 1. The summed E-state index contributed by atoms with van der Waals surface area (Å²) < 4.78 is 13.5. The number of hydrazone groups is 1. The quantitative estimate of drug-likeness (QED) is 0.439. The Morgan fingerprint density at radius 2 is 1.91 bits per heavy atom. The number of anilines is 1. The number of hydrogen-bond donors (Lipinski definition) is 2. The fourth-order valence-electron chi connectivity index (χ4n) is 2.01. The number of carbonyl (C=O) groups is 1. The van der Waals surface area contributed by atoms with E-state index in [0.717, 1.165) is 0 Å². The van der Waals surface area contributed by atoms with Crippen LogP contribution in [0.4, 0.5) is 10.1 Å². The third kappa shape index (κ3) is 2.98. The van der Waals surface area contributed by atoms with Gasteiger partial charge < -0.3 is 4.98 Å². The van der Waals surface area contributed by atoms with Crippen LogP contribution in [0.2, 0.25) is 0 Å². The van der Waals surface area contributed by atoms with Gasteiger partial charge in [0.2, 0.25) is 0 Å². The summed E-state index contributed by atoms with van der Waals surface area (Å²) in [6.07, 6.45) is 0.389. The normalized spacial score (nSPS) is 11.4. The second-order valence-corrected chi connectivity index (χ2v) is 4.64. The summed E-state index contributed by atoms with van der Waals surface area (Å²) in [5.41, 5.74) is 2.67. The molecule has 114 valence electrons. The van der Waals surface area contributed by atoms with E-state index in [0.29, 0.717) is 17.3 Å². The molecule has 0 aliphatic heterocycles. The van der Waals surface area contributed by atoms with Crippen molar-refractivity contribution in [1.82, 2.24) is 9.97 Å². The van der Waals surface area contributed by atoms with E-state index in [1.165, 1.54) is 18.2 Å². The van der Waals surface area contributed by atoms with Crippen molar-refractivity contribution < 1.29 is 9.18 Å². The van der Waals surface area contributed by atoms with Gasteiger partial charge in [0.25, 0.3) is 5.56 Å². The topological polar surface area (TPSA) is 87.2 Å². The fraction of sp³-hybridized carbons (Fsp3) is 0. The molecular formula is C16H11FN4O2. The number of aldehydes is 1. The van der Waals surface area contributed by atoms with Crippen LogP contribution in [-0.4, -0.2) is 22.0 Å². The first-order valence-corrected chi connectivity index (χ1v) is 6.72. The van der Waals surface area contributed by atoms with E-state index in [1.807, 2.05) is 0 Å². The minimum atomic E-state index is -0.551. The molecular weight excluding hydrogens is 299 g/mol. The van der Waals surface area contributed by atoms with Crippen LogP contribution in [0.25, 0.3) is 11.0 Å². The molecule has 0 amide bonds. The standard InChI is InChI=1S/C16H11FN4O2/c17-10-5-1-2-6-11(10)20-21-14(9-22)15-16(23)19-13-8-4-3-7-12(13)18-15/h1-9,20H,(H,19,23)/b21-14+. The third-order valence-corrected chi connectivity index (χ3v) is 3.12. The molecule has 7 heteroatoms. The Bertz CT molecular complexity index is 965. The van der Waals surface area contributed by atoms with E-state index < -0.39 is 11.4 Å². The van der Waals surface area contributed by atoms with Crippen molar-refractivity contribution in [3.63, 3.8) is 0 Å². The Kier molecular flexibility index (Phi) is 3.92. The van der Waals surface area contributed by atoms with Gasteiger partial charge >= 0.3 is 0 Å². The van der Waals surface area contributed by atoms with Gasteiger partial charge in [-0.3, -0.25) is 15.0 Å². The minimum Gasteiger partial charge on any atom is -0.319 e. The zero-order valence-electron chi connectivity index (χ0n) is 11.8. The van der Waals surface area contributed by atoms with E-state index in [9.17, 15) is 14.0 Å². The summed E-state index contributed by atoms with van der Waals surface area (Å²) >= 11 is 0. The van der Waals surface area contributed by atoms with Crippen LogP contribution < -0.4 is 11.0 Å². The van der Waals surface area contributed by atoms with Crippen molar-refractivity contribution in [2.75, 3.05) is 5.43 Å². The van der Waals surface area contributed by atoms with Gasteiger partial charge in [0.15, 0.2) is 17.7 Å². The van der Waals surface area contributed by atoms with Crippen LogP contribution in [0.15, 0.2) is 58.4 Å². The van der Waals surface area contributed by atoms with Gasteiger partial charge in [-0.1, -0.05) is 24.3 Å². The molecule has 3 aromatic rings. The van der Waals surface area contributed by atoms with Crippen LogP contribution >= 0.6 is 0 Å². The van der Waals surface area contributed by atoms with Gasteiger partial charge in [-0.05, 0) is 24.3 Å². The Morgan fingerprint density at radius 3 is 2.70 bits per heavy atom. The van der Waals surface area contributed by atoms with Gasteiger partial charge in [-0.2, -0.15) is 5.10 Å². The van der Waals surface area contributed by atoms with Gasteiger partial charge in [0.05, 0.1) is 16.7 Å². The highest BCUT2D eigenvalue weighted by Gasteiger charge is 2.12. The molecule has 0 unspecified atom stereocenters. The summed E-state index contributed by atoms with van der Waals surface area (Å²) in [7, 11) is 0. The predicted octanol–water partition coefficient (Wildman–Crippen LogP) is 2.08. The number of nitrogens with zero attached hydrogens (tertiary/aromatic N) is 2. The lowest BCUT2D eigenvalue weighted by atomic mass is 10.2. The largest absolute Gasteiger partial charge is 0.319 e. The van der Waals surface area contributed by atoms with Crippen molar-refractivity contribution >= 4 is 28.7 Å². The number of hydrogen-bond acceptors (Lipinski definition) is 5. The van der Waals surface area contributed by atoms with Gasteiger partial charge in [0, 0.05) is 0 Å². The maximum absolute atomic E-state index is 13.5. The summed E-state index contributed by atoms with van der Waals surface area (Å²) in [4.78, 5) is 30.1. The average Bonchev–Trinajstić information content (AvgIpc) is 2.57. The number of benzene rings is 2. The van der Waals surface area contributed by atoms with Crippen molar-refractivity contribution in [2.45, 2.75) is 0 Å². The third-order valence-electron chi connectivity index (χ3n) is 3.12. The molecule has 1 aromatic heterocycles. The van der Waals surface area contributed by atoms with E-state index in [-0.39, 0.29) is 17.1 Å². The molecule has 0 spiro atoms. The first-order valence-electron chi connectivity index (χ1n) is 6.72. The van der Waals surface area contributed by atoms with E-state index in [4.69, 9.17) is 0 Å². The maximum atomic E-state index is 13.5. The molecule has 0 radical (unpaired) electrons. The Hall–Kier alpha value is -3.35. The monoisotopic (exact) mass is 310 g/mol. The van der Waals surface area contributed by atoms with E-state index >= 15 is 0 Å². The van der Waals surface area contributed by atoms with Crippen LogP contribution in [-0.2, 0) is 4.79 Å². The minimum absolute atomic E-state index is 0.0871. The number of carbonyl (C=O) groups excluding carboxylic acids is 1. The molecule has 0 fully saturated rings. The number of aromatic amines is 1. The number of nitrogens with one attached hydrogen (secondary N) is 2. The molecule has 0 aliphatic carbocycles. The van der Waals surface area contributed by atoms with Crippen LogP contribution in [0, 0.1) is 5.82 Å². The molecule has 0 bridgehead atoms. The Balaban J connectivity index is 2.02. The lowest BCUT2D eigenvalue weighted by molar-refractivity contribution is -0.102. The molecule has 6 nitrogen and oxygen atoms in total. The molecule has 3 rings (SSSR count). The number of halogens is 1. The summed E-state index contributed by atoms with van der Waals surface area (Å²) in [6.45, 7) is 0. The van der Waals surface area contributed by atoms with Crippen molar-refractivity contribution in [2.24, 2.45) is 5.10 Å². The highest BCUT2D eigenvalue weighted by atomic mass is 19.1. The summed E-state index contributed by atoms with van der Waals surface area (Å²) in [6, 6.07) is 12.8. The zero-order valence-corrected chi connectivity index (χ0v) is 11.8. The number of H-pyrrole nitrogens is 1.